The van der Waals surface area contributed by atoms with Crippen LogP contribution in [0.4, 0.5) is 0 Å². The fourth-order valence-corrected chi connectivity index (χ4v) is 2.52. The van der Waals surface area contributed by atoms with E-state index in [0.717, 1.165) is 12.0 Å². The van der Waals surface area contributed by atoms with E-state index in [9.17, 15) is 9.59 Å². The molecule has 0 saturated heterocycles. The van der Waals surface area contributed by atoms with E-state index in [0.29, 0.717) is 19.4 Å². The number of methoxy groups -OCH3 is 1. The summed E-state index contributed by atoms with van der Waals surface area (Å²) in [7, 11) is 1.57. The molecule has 2 N–H and O–H groups in total. The quantitative estimate of drug-likeness (QED) is 0.716. The molecule has 0 aliphatic heterocycles. The van der Waals surface area contributed by atoms with Crippen LogP contribution in [0.3, 0.4) is 0 Å². The number of rotatable bonds is 8. The summed E-state index contributed by atoms with van der Waals surface area (Å²) in [5.74, 6) is -1.03. The molecule has 3 unspecified atom stereocenters. The van der Waals surface area contributed by atoms with Crippen LogP contribution in [0, 0.1) is 5.92 Å². The highest BCUT2D eigenvalue weighted by Gasteiger charge is 2.44. The van der Waals surface area contributed by atoms with Crippen molar-refractivity contribution in [1.29, 1.82) is 0 Å². The second-order valence-corrected chi connectivity index (χ2v) is 5.39. The lowest BCUT2D eigenvalue weighted by molar-refractivity contribution is -0.142. The molecular formula is C16H21NO4. The van der Waals surface area contributed by atoms with Gasteiger partial charge in [0.25, 0.3) is 0 Å². The number of carbonyl (C=O) groups is 2. The number of benzene rings is 1. The maximum Gasteiger partial charge on any atom is 0.326 e. The van der Waals surface area contributed by atoms with Gasteiger partial charge in [-0.05, 0) is 30.7 Å². The van der Waals surface area contributed by atoms with Crippen molar-refractivity contribution < 1.29 is 19.4 Å². The minimum Gasteiger partial charge on any atom is -0.480 e. The lowest BCUT2D eigenvalue weighted by atomic mass is 10.1. The van der Waals surface area contributed by atoms with Crippen LogP contribution >= 0.6 is 0 Å². The molecule has 1 aliphatic carbocycles. The van der Waals surface area contributed by atoms with Crippen molar-refractivity contribution in [2.75, 3.05) is 13.7 Å². The first kappa shape index (κ1) is 15.5. The Morgan fingerprint density at radius 1 is 1.38 bits per heavy atom. The van der Waals surface area contributed by atoms with Gasteiger partial charge >= 0.3 is 5.97 Å². The molecule has 1 aliphatic rings. The molecule has 21 heavy (non-hydrogen) atoms. The van der Waals surface area contributed by atoms with Crippen LogP contribution < -0.4 is 5.32 Å². The lowest BCUT2D eigenvalue weighted by Gasteiger charge is -2.14. The third kappa shape index (κ3) is 4.29. The van der Waals surface area contributed by atoms with Crippen molar-refractivity contribution in [3.05, 3.63) is 35.9 Å². The van der Waals surface area contributed by atoms with E-state index < -0.39 is 12.0 Å². The molecule has 1 fully saturated rings. The maximum atomic E-state index is 12.1. The van der Waals surface area contributed by atoms with Crippen molar-refractivity contribution in [2.45, 2.75) is 31.2 Å². The van der Waals surface area contributed by atoms with Crippen LogP contribution in [0.15, 0.2) is 30.3 Å². The largest absolute Gasteiger partial charge is 0.480 e. The van der Waals surface area contributed by atoms with E-state index in [1.54, 1.807) is 7.11 Å². The van der Waals surface area contributed by atoms with Gasteiger partial charge in [0.1, 0.15) is 6.04 Å². The molecule has 5 nitrogen and oxygen atoms in total. The van der Waals surface area contributed by atoms with Crippen molar-refractivity contribution in [2.24, 2.45) is 5.92 Å². The standard InChI is InChI=1S/C16H21NO4/c1-21-9-5-8-14(16(19)20)17-15(18)13-10-12(13)11-6-3-2-4-7-11/h2-4,6-7,12-14H,5,8-10H2,1H3,(H,17,18)(H,19,20). The summed E-state index contributed by atoms with van der Waals surface area (Å²) < 4.78 is 4.91. The third-order valence-electron chi connectivity index (χ3n) is 3.81. The predicted octanol–water partition coefficient (Wildman–Crippen LogP) is 1.79. The molecule has 3 atom stereocenters. The monoisotopic (exact) mass is 291 g/mol. The van der Waals surface area contributed by atoms with Gasteiger partial charge in [0.2, 0.25) is 5.91 Å². The number of carboxylic acids is 1. The zero-order valence-electron chi connectivity index (χ0n) is 12.1. The summed E-state index contributed by atoms with van der Waals surface area (Å²) in [5, 5.41) is 11.8. The van der Waals surface area contributed by atoms with Crippen molar-refractivity contribution >= 4 is 11.9 Å². The van der Waals surface area contributed by atoms with Gasteiger partial charge in [0, 0.05) is 19.6 Å². The first-order valence-corrected chi connectivity index (χ1v) is 7.20. The van der Waals surface area contributed by atoms with Crippen LogP contribution in [0.2, 0.25) is 0 Å². The van der Waals surface area contributed by atoms with Crippen molar-refractivity contribution in [3.8, 4) is 0 Å². The molecule has 1 saturated carbocycles. The third-order valence-corrected chi connectivity index (χ3v) is 3.81. The molecule has 1 aromatic rings. The molecule has 1 aromatic carbocycles. The maximum absolute atomic E-state index is 12.1. The Labute approximate surface area is 124 Å². The average molecular weight is 291 g/mol. The van der Waals surface area contributed by atoms with Crippen LogP contribution in [0.25, 0.3) is 0 Å². The number of hydrogen-bond donors (Lipinski definition) is 2. The van der Waals surface area contributed by atoms with Gasteiger partial charge in [0.05, 0.1) is 0 Å². The first-order chi connectivity index (χ1) is 10.1. The van der Waals surface area contributed by atoms with Gasteiger partial charge < -0.3 is 15.2 Å². The fraction of sp³-hybridized carbons (Fsp3) is 0.500. The van der Waals surface area contributed by atoms with Gasteiger partial charge in [-0.2, -0.15) is 0 Å². The predicted molar refractivity (Wildman–Crippen MR) is 78.0 cm³/mol. The van der Waals surface area contributed by atoms with E-state index in [1.807, 2.05) is 30.3 Å². The fourth-order valence-electron chi connectivity index (χ4n) is 2.52. The van der Waals surface area contributed by atoms with Crippen LogP contribution in [-0.4, -0.2) is 36.7 Å². The summed E-state index contributed by atoms with van der Waals surface area (Å²) in [6, 6.07) is 9.03. The summed E-state index contributed by atoms with van der Waals surface area (Å²) in [6.07, 6.45) is 1.79. The molecule has 0 bridgehead atoms. The molecule has 5 heteroatoms. The Kier molecular flexibility index (Phi) is 5.33. The highest BCUT2D eigenvalue weighted by Crippen LogP contribution is 2.47. The number of carbonyl (C=O) groups excluding carboxylic acids is 1. The first-order valence-electron chi connectivity index (χ1n) is 7.20. The number of carboxylic acid groups (broad SMARTS) is 1. The SMILES string of the molecule is COCCCC(NC(=O)C1CC1c1ccccc1)C(=O)O. The molecular weight excluding hydrogens is 270 g/mol. The average Bonchev–Trinajstić information content (AvgIpc) is 3.27. The Morgan fingerprint density at radius 3 is 2.71 bits per heavy atom. The second-order valence-electron chi connectivity index (χ2n) is 5.39. The molecule has 0 aromatic heterocycles. The number of aliphatic carboxylic acids is 1. The second kappa shape index (κ2) is 7.22. The van der Waals surface area contributed by atoms with Crippen LogP contribution in [-0.2, 0) is 14.3 Å². The normalized spacial score (nSPS) is 21.6. The molecule has 1 amide bonds. The highest BCUT2D eigenvalue weighted by molar-refractivity contribution is 5.87. The molecule has 2 rings (SSSR count). The summed E-state index contributed by atoms with van der Waals surface area (Å²) >= 11 is 0. The zero-order valence-corrected chi connectivity index (χ0v) is 12.1. The van der Waals surface area contributed by atoms with Gasteiger partial charge in [-0.15, -0.1) is 0 Å². The van der Waals surface area contributed by atoms with E-state index in [2.05, 4.69) is 5.32 Å². The number of ether oxygens (including phenoxy) is 1. The van der Waals surface area contributed by atoms with Crippen molar-refractivity contribution in [1.82, 2.24) is 5.32 Å². The van der Waals surface area contributed by atoms with E-state index in [-0.39, 0.29) is 17.7 Å². The summed E-state index contributed by atoms with van der Waals surface area (Å²) in [5.41, 5.74) is 1.14. The number of hydrogen-bond acceptors (Lipinski definition) is 3. The van der Waals surface area contributed by atoms with E-state index in [1.165, 1.54) is 0 Å². The molecule has 0 spiro atoms. The van der Waals surface area contributed by atoms with Gasteiger partial charge in [-0.25, -0.2) is 4.79 Å². The Bertz CT molecular complexity index is 488. The number of nitrogens with one attached hydrogen (secondary N) is 1. The summed E-state index contributed by atoms with van der Waals surface area (Å²) in [6.45, 7) is 0.496. The summed E-state index contributed by atoms with van der Waals surface area (Å²) in [4.78, 5) is 23.3. The minimum absolute atomic E-state index is 0.100. The minimum atomic E-state index is -0.989. The smallest absolute Gasteiger partial charge is 0.326 e. The topological polar surface area (TPSA) is 75.6 Å². The Hall–Kier alpha value is -1.88. The molecule has 0 radical (unpaired) electrons. The van der Waals surface area contributed by atoms with Gasteiger partial charge in [-0.3, -0.25) is 4.79 Å². The highest BCUT2D eigenvalue weighted by atomic mass is 16.5. The van der Waals surface area contributed by atoms with Crippen LogP contribution in [0.5, 0.6) is 0 Å². The molecule has 0 heterocycles. The lowest BCUT2D eigenvalue weighted by Crippen LogP contribution is -2.41. The van der Waals surface area contributed by atoms with E-state index >= 15 is 0 Å². The number of amides is 1. The van der Waals surface area contributed by atoms with E-state index in [4.69, 9.17) is 9.84 Å². The Balaban J connectivity index is 1.85. The van der Waals surface area contributed by atoms with Crippen molar-refractivity contribution in [3.63, 3.8) is 0 Å². The zero-order chi connectivity index (χ0) is 15.2. The van der Waals surface area contributed by atoms with Gasteiger partial charge in [0.15, 0.2) is 0 Å². The Morgan fingerprint density at radius 2 is 2.10 bits per heavy atom. The van der Waals surface area contributed by atoms with Gasteiger partial charge in [-0.1, -0.05) is 30.3 Å². The molecule has 114 valence electrons. The van der Waals surface area contributed by atoms with Crippen LogP contribution in [0.1, 0.15) is 30.7 Å².